The van der Waals surface area contributed by atoms with Crippen molar-refractivity contribution in [2.45, 2.75) is 12.8 Å². The molecule has 1 aliphatic carbocycles. The number of aromatic nitrogens is 2. The van der Waals surface area contributed by atoms with Crippen LogP contribution >= 0.6 is 0 Å². The first-order chi connectivity index (χ1) is 24.8. The molecule has 0 N–H and O–H groups in total. The van der Waals surface area contributed by atoms with Gasteiger partial charge in [-0.3, -0.25) is 0 Å². The third-order valence-corrected chi connectivity index (χ3v) is 10.3. The summed E-state index contributed by atoms with van der Waals surface area (Å²) in [5, 5.41) is 5.06. The molecule has 10 rings (SSSR count). The van der Waals surface area contributed by atoms with E-state index in [1.54, 1.807) is 0 Å². The first kappa shape index (κ1) is 28.6. The summed E-state index contributed by atoms with van der Waals surface area (Å²) in [5.41, 5.74) is 14.6. The van der Waals surface area contributed by atoms with Crippen LogP contribution in [0.3, 0.4) is 0 Å². The summed E-state index contributed by atoms with van der Waals surface area (Å²) >= 11 is 0. The fraction of sp³-hybridized carbons (Fsp3) is 0.0417. The van der Waals surface area contributed by atoms with E-state index in [4.69, 9.17) is 0 Å². The van der Waals surface area contributed by atoms with Crippen molar-refractivity contribution in [1.82, 2.24) is 9.13 Å². The minimum Gasteiger partial charge on any atom is -0.309 e. The van der Waals surface area contributed by atoms with Gasteiger partial charge in [0.2, 0.25) is 0 Å². The molecule has 0 spiro atoms. The minimum atomic E-state index is 1.09. The van der Waals surface area contributed by atoms with Crippen LogP contribution in [0.1, 0.15) is 18.4 Å². The van der Waals surface area contributed by atoms with Gasteiger partial charge in [0.1, 0.15) is 0 Å². The van der Waals surface area contributed by atoms with Crippen molar-refractivity contribution in [3.05, 3.63) is 188 Å². The molecule has 0 unspecified atom stereocenters. The predicted molar refractivity (Wildman–Crippen MR) is 212 cm³/mol. The van der Waals surface area contributed by atoms with Crippen LogP contribution in [0, 0.1) is 0 Å². The molecule has 0 radical (unpaired) electrons. The van der Waals surface area contributed by atoms with Gasteiger partial charge in [0, 0.05) is 32.9 Å². The van der Waals surface area contributed by atoms with Gasteiger partial charge in [-0.25, -0.2) is 0 Å². The summed E-state index contributed by atoms with van der Waals surface area (Å²) in [6.45, 7) is 0. The molecule has 236 valence electrons. The molecule has 0 atom stereocenters. The van der Waals surface area contributed by atoms with Crippen molar-refractivity contribution < 1.29 is 0 Å². The van der Waals surface area contributed by atoms with Crippen molar-refractivity contribution >= 4 is 49.2 Å². The zero-order valence-electron chi connectivity index (χ0n) is 27.6. The lowest BCUT2D eigenvalue weighted by atomic mass is 9.97. The molecular formula is C48H34N2. The second-order valence-corrected chi connectivity index (χ2v) is 13.3. The average molecular weight is 639 g/mol. The number of benzene rings is 7. The standard InChI is InChI=1S/C48H34N2/c1-4-13-33(14-5-1)35-17-12-20-40(29-35)50-46-28-25-36(34-15-6-2-7-16-34)30-44(46)43-27-24-38(32-48(43)50)37-23-26-42-41-21-10-11-22-45(41)49(47(42)31-37)39-18-8-3-9-19-39/h1,3-6,8-32H,2,7H2. The van der Waals surface area contributed by atoms with E-state index in [-0.39, 0.29) is 0 Å². The van der Waals surface area contributed by atoms with Gasteiger partial charge in [-0.2, -0.15) is 0 Å². The Kier molecular flexibility index (Phi) is 6.67. The highest BCUT2D eigenvalue weighted by molar-refractivity contribution is 6.12. The van der Waals surface area contributed by atoms with Crippen LogP contribution < -0.4 is 0 Å². The monoisotopic (exact) mass is 638 g/mol. The molecule has 50 heavy (non-hydrogen) atoms. The maximum Gasteiger partial charge on any atom is 0.0547 e. The fourth-order valence-corrected chi connectivity index (χ4v) is 7.95. The van der Waals surface area contributed by atoms with Crippen LogP contribution in [0.5, 0.6) is 0 Å². The SMILES string of the molecule is C1=CC(c2ccc3c(c2)c2ccc(-c4ccc5c6ccccc6n(-c6ccccc6)c5c4)cc2n3-c2cccc(-c3ccccc3)c2)=CCC1. The van der Waals surface area contributed by atoms with Gasteiger partial charge in [-0.1, -0.05) is 127 Å². The average Bonchev–Trinajstić information content (AvgIpc) is 3.70. The third-order valence-electron chi connectivity index (χ3n) is 10.3. The molecule has 0 saturated carbocycles. The number of hydrogen-bond donors (Lipinski definition) is 0. The lowest BCUT2D eigenvalue weighted by Crippen LogP contribution is -1.95. The molecule has 0 amide bonds. The summed E-state index contributed by atoms with van der Waals surface area (Å²) < 4.78 is 4.85. The molecule has 0 saturated heterocycles. The van der Waals surface area contributed by atoms with E-state index >= 15 is 0 Å². The lowest BCUT2D eigenvalue weighted by molar-refractivity contribution is 1.04. The molecular weight excluding hydrogens is 605 g/mol. The predicted octanol–water partition coefficient (Wildman–Crippen LogP) is 12.9. The smallest absolute Gasteiger partial charge is 0.0547 e. The van der Waals surface area contributed by atoms with Crippen LogP contribution in [0.4, 0.5) is 0 Å². The summed E-state index contributed by atoms with van der Waals surface area (Å²) in [4.78, 5) is 0. The van der Waals surface area contributed by atoms with Crippen molar-refractivity contribution in [2.24, 2.45) is 0 Å². The van der Waals surface area contributed by atoms with E-state index in [1.807, 2.05) is 0 Å². The quantitative estimate of drug-likeness (QED) is 0.178. The van der Waals surface area contributed by atoms with Crippen LogP contribution in [-0.4, -0.2) is 9.13 Å². The second kappa shape index (κ2) is 11.6. The molecule has 0 aliphatic heterocycles. The Hall–Kier alpha value is -6.38. The van der Waals surface area contributed by atoms with Gasteiger partial charge in [0.05, 0.1) is 22.1 Å². The van der Waals surface area contributed by atoms with Crippen molar-refractivity contribution in [3.8, 4) is 33.6 Å². The van der Waals surface area contributed by atoms with Gasteiger partial charge < -0.3 is 9.13 Å². The third kappa shape index (κ3) is 4.64. The van der Waals surface area contributed by atoms with E-state index in [1.165, 1.54) is 82.7 Å². The van der Waals surface area contributed by atoms with Crippen molar-refractivity contribution in [2.75, 3.05) is 0 Å². The molecule has 2 nitrogen and oxygen atoms in total. The molecule has 7 aromatic carbocycles. The van der Waals surface area contributed by atoms with Crippen LogP contribution in [0.15, 0.2) is 182 Å². The topological polar surface area (TPSA) is 9.86 Å². The summed E-state index contributed by atoms with van der Waals surface area (Å²) in [7, 11) is 0. The van der Waals surface area contributed by atoms with E-state index in [2.05, 4.69) is 191 Å². The van der Waals surface area contributed by atoms with Crippen LogP contribution in [0.2, 0.25) is 0 Å². The molecule has 2 aromatic heterocycles. The highest BCUT2D eigenvalue weighted by atomic mass is 15.0. The maximum absolute atomic E-state index is 2.45. The summed E-state index contributed by atoms with van der Waals surface area (Å²) in [6, 6.07) is 60.0. The Labute approximate surface area is 291 Å². The van der Waals surface area contributed by atoms with Crippen molar-refractivity contribution in [1.29, 1.82) is 0 Å². The number of hydrogen-bond acceptors (Lipinski definition) is 0. The van der Waals surface area contributed by atoms with E-state index < -0.39 is 0 Å². The van der Waals surface area contributed by atoms with Gasteiger partial charge in [0.15, 0.2) is 0 Å². The highest BCUT2D eigenvalue weighted by Crippen LogP contribution is 2.39. The molecule has 9 aromatic rings. The van der Waals surface area contributed by atoms with E-state index in [0.29, 0.717) is 0 Å². The number of rotatable bonds is 5. The highest BCUT2D eigenvalue weighted by Gasteiger charge is 2.17. The summed E-state index contributed by atoms with van der Waals surface area (Å²) in [6.07, 6.45) is 9.14. The number of allylic oxidation sites excluding steroid dienone is 4. The number of para-hydroxylation sites is 2. The van der Waals surface area contributed by atoms with Gasteiger partial charge in [-0.15, -0.1) is 0 Å². The zero-order chi connectivity index (χ0) is 33.0. The lowest BCUT2D eigenvalue weighted by Gasteiger charge is -2.12. The van der Waals surface area contributed by atoms with Gasteiger partial charge in [0.25, 0.3) is 0 Å². The molecule has 1 aliphatic rings. The molecule has 0 fully saturated rings. The van der Waals surface area contributed by atoms with E-state index in [0.717, 1.165) is 18.5 Å². The number of nitrogens with zero attached hydrogens (tertiary/aromatic N) is 2. The Morgan fingerprint density at radius 1 is 0.340 bits per heavy atom. The molecule has 2 heteroatoms. The zero-order valence-corrected chi connectivity index (χ0v) is 27.6. The molecule has 2 heterocycles. The van der Waals surface area contributed by atoms with E-state index in [9.17, 15) is 0 Å². The Morgan fingerprint density at radius 3 is 1.68 bits per heavy atom. The largest absolute Gasteiger partial charge is 0.309 e. The first-order valence-corrected chi connectivity index (χ1v) is 17.5. The molecule has 0 bridgehead atoms. The Bertz CT molecular complexity index is 2790. The van der Waals surface area contributed by atoms with Gasteiger partial charge in [-0.05, 0) is 101 Å². The second-order valence-electron chi connectivity index (χ2n) is 13.3. The van der Waals surface area contributed by atoms with Crippen LogP contribution in [0.25, 0.3) is 82.8 Å². The summed E-state index contributed by atoms with van der Waals surface area (Å²) in [5.74, 6) is 0. The number of fused-ring (bicyclic) bond motifs is 6. The fourth-order valence-electron chi connectivity index (χ4n) is 7.95. The Morgan fingerprint density at radius 2 is 0.920 bits per heavy atom. The minimum absolute atomic E-state index is 1.09. The normalized spacial score (nSPS) is 13.1. The van der Waals surface area contributed by atoms with Gasteiger partial charge >= 0.3 is 0 Å². The first-order valence-electron chi connectivity index (χ1n) is 17.5. The maximum atomic E-state index is 2.45. The Balaban J connectivity index is 1.20. The van der Waals surface area contributed by atoms with Crippen LogP contribution in [-0.2, 0) is 0 Å². The van der Waals surface area contributed by atoms with Crippen molar-refractivity contribution in [3.63, 3.8) is 0 Å².